The number of sulfonamides is 2. The van der Waals surface area contributed by atoms with E-state index in [4.69, 9.17) is 16.3 Å². The Morgan fingerprint density at radius 3 is 2.37 bits per heavy atom. The van der Waals surface area contributed by atoms with Crippen molar-refractivity contribution in [2.75, 3.05) is 31.0 Å². The molecule has 3 rings (SSSR count). The minimum absolute atomic E-state index is 0.0401. The Hall–Kier alpha value is -1.72. The van der Waals surface area contributed by atoms with E-state index in [0.29, 0.717) is 13.2 Å². The van der Waals surface area contributed by atoms with Gasteiger partial charge in [-0.2, -0.15) is 4.31 Å². The summed E-state index contributed by atoms with van der Waals surface area (Å²) in [5, 5.41) is -0.332. The highest BCUT2D eigenvalue weighted by atomic mass is 35.5. The second-order valence-corrected chi connectivity index (χ2v) is 9.75. The maximum Gasteiger partial charge on any atom is 0.261 e. The van der Waals surface area contributed by atoms with Gasteiger partial charge in [-0.05, 0) is 36.4 Å². The van der Waals surface area contributed by atoms with Crippen molar-refractivity contribution < 1.29 is 26.0 Å². The summed E-state index contributed by atoms with van der Waals surface area (Å²) in [6.07, 6.45) is 0. The first-order chi connectivity index (χ1) is 12.7. The van der Waals surface area contributed by atoms with Gasteiger partial charge in [0.25, 0.3) is 10.0 Å². The topological polar surface area (TPSA) is 92.8 Å². The second kappa shape index (κ2) is 7.72. The fourth-order valence-corrected chi connectivity index (χ4v) is 5.29. The number of hydrogen-bond acceptors (Lipinski definition) is 5. The summed E-state index contributed by atoms with van der Waals surface area (Å²) >= 11 is 5.63. The molecule has 0 spiro atoms. The highest BCUT2D eigenvalue weighted by Crippen LogP contribution is 2.24. The Balaban J connectivity index is 1.88. The van der Waals surface area contributed by atoms with E-state index in [0.717, 1.165) is 18.2 Å². The maximum absolute atomic E-state index is 13.2. The van der Waals surface area contributed by atoms with E-state index in [2.05, 4.69) is 4.72 Å². The lowest BCUT2D eigenvalue weighted by Gasteiger charge is -2.26. The van der Waals surface area contributed by atoms with Crippen LogP contribution in [0.1, 0.15) is 0 Å². The molecule has 1 saturated heterocycles. The zero-order chi connectivity index (χ0) is 19.7. The SMILES string of the molecule is O=S(=O)(Nc1cccc(S(=O)(=O)N2CCOCC2)c1)c1ccc(F)c(Cl)c1. The largest absolute Gasteiger partial charge is 0.379 e. The Morgan fingerprint density at radius 2 is 1.70 bits per heavy atom. The first-order valence-corrected chi connectivity index (χ1v) is 11.2. The van der Waals surface area contributed by atoms with Crippen LogP contribution in [0.2, 0.25) is 5.02 Å². The number of hydrogen-bond donors (Lipinski definition) is 1. The quantitative estimate of drug-likeness (QED) is 0.779. The van der Waals surface area contributed by atoms with E-state index in [1.807, 2.05) is 0 Å². The van der Waals surface area contributed by atoms with Crippen LogP contribution in [0, 0.1) is 5.82 Å². The molecule has 0 bridgehead atoms. The van der Waals surface area contributed by atoms with Gasteiger partial charge in [0, 0.05) is 13.1 Å². The molecule has 2 aromatic carbocycles. The van der Waals surface area contributed by atoms with Crippen LogP contribution >= 0.6 is 11.6 Å². The minimum Gasteiger partial charge on any atom is -0.379 e. The van der Waals surface area contributed by atoms with Gasteiger partial charge in [0.15, 0.2) is 0 Å². The van der Waals surface area contributed by atoms with Gasteiger partial charge in [-0.3, -0.25) is 4.72 Å². The van der Waals surface area contributed by atoms with Crippen LogP contribution in [0.5, 0.6) is 0 Å². The van der Waals surface area contributed by atoms with Crippen LogP contribution in [-0.4, -0.2) is 47.4 Å². The lowest BCUT2D eigenvalue weighted by Crippen LogP contribution is -2.40. The molecule has 0 aliphatic carbocycles. The third-order valence-electron chi connectivity index (χ3n) is 3.90. The second-order valence-electron chi connectivity index (χ2n) is 5.73. The molecule has 11 heteroatoms. The maximum atomic E-state index is 13.2. The van der Waals surface area contributed by atoms with Gasteiger partial charge >= 0.3 is 0 Å². The molecule has 1 N–H and O–H groups in total. The van der Waals surface area contributed by atoms with Gasteiger partial charge in [-0.25, -0.2) is 21.2 Å². The van der Waals surface area contributed by atoms with Crippen molar-refractivity contribution in [1.29, 1.82) is 0 Å². The summed E-state index contributed by atoms with van der Waals surface area (Å²) in [4.78, 5) is -0.280. The summed E-state index contributed by atoms with van der Waals surface area (Å²) in [6, 6.07) is 8.45. The Morgan fingerprint density at radius 1 is 1.00 bits per heavy atom. The highest BCUT2D eigenvalue weighted by Gasteiger charge is 2.27. The zero-order valence-corrected chi connectivity index (χ0v) is 16.3. The van der Waals surface area contributed by atoms with E-state index in [9.17, 15) is 21.2 Å². The number of nitrogens with zero attached hydrogens (tertiary/aromatic N) is 1. The summed E-state index contributed by atoms with van der Waals surface area (Å²) in [7, 11) is -7.84. The number of ether oxygens (including phenoxy) is 1. The minimum atomic E-state index is -4.07. The third-order valence-corrected chi connectivity index (χ3v) is 7.46. The molecule has 1 fully saturated rings. The average Bonchev–Trinajstić information content (AvgIpc) is 2.64. The molecule has 7 nitrogen and oxygen atoms in total. The predicted octanol–water partition coefficient (Wildman–Crippen LogP) is 2.30. The van der Waals surface area contributed by atoms with Crippen molar-refractivity contribution in [2.24, 2.45) is 0 Å². The summed E-state index contributed by atoms with van der Waals surface area (Å²) in [5.74, 6) is -0.741. The number of halogens is 2. The molecule has 0 amide bonds. The average molecular weight is 435 g/mol. The van der Waals surface area contributed by atoms with E-state index in [1.165, 1.54) is 28.6 Å². The molecule has 0 aromatic heterocycles. The molecular weight excluding hydrogens is 419 g/mol. The van der Waals surface area contributed by atoms with Crippen molar-refractivity contribution in [2.45, 2.75) is 9.79 Å². The normalized spacial score (nSPS) is 16.2. The van der Waals surface area contributed by atoms with E-state index in [-0.39, 0.29) is 33.6 Å². The van der Waals surface area contributed by atoms with Crippen molar-refractivity contribution in [3.63, 3.8) is 0 Å². The van der Waals surface area contributed by atoms with Crippen LogP contribution in [0.3, 0.4) is 0 Å². The smallest absolute Gasteiger partial charge is 0.261 e. The number of benzene rings is 2. The molecule has 2 aromatic rings. The zero-order valence-electron chi connectivity index (χ0n) is 13.9. The molecule has 0 radical (unpaired) electrons. The van der Waals surface area contributed by atoms with Crippen LogP contribution in [0.4, 0.5) is 10.1 Å². The van der Waals surface area contributed by atoms with Crippen LogP contribution in [0.15, 0.2) is 52.3 Å². The molecule has 146 valence electrons. The first-order valence-electron chi connectivity index (χ1n) is 7.86. The van der Waals surface area contributed by atoms with Gasteiger partial charge in [-0.15, -0.1) is 0 Å². The number of nitrogens with one attached hydrogen (secondary N) is 1. The van der Waals surface area contributed by atoms with E-state index in [1.54, 1.807) is 0 Å². The molecule has 0 atom stereocenters. The van der Waals surface area contributed by atoms with Gasteiger partial charge in [-0.1, -0.05) is 17.7 Å². The lowest BCUT2D eigenvalue weighted by molar-refractivity contribution is 0.0730. The summed E-state index contributed by atoms with van der Waals surface area (Å²) < 4.78 is 72.3. The number of morpholine rings is 1. The predicted molar refractivity (Wildman–Crippen MR) is 98.2 cm³/mol. The molecule has 0 saturated carbocycles. The van der Waals surface area contributed by atoms with Gasteiger partial charge < -0.3 is 4.74 Å². The van der Waals surface area contributed by atoms with Crippen molar-refractivity contribution in [3.05, 3.63) is 53.3 Å². The van der Waals surface area contributed by atoms with Crippen molar-refractivity contribution in [1.82, 2.24) is 4.31 Å². The lowest BCUT2D eigenvalue weighted by atomic mass is 10.3. The highest BCUT2D eigenvalue weighted by molar-refractivity contribution is 7.92. The summed E-state index contributed by atoms with van der Waals surface area (Å²) in [6.45, 7) is 1.06. The van der Waals surface area contributed by atoms with Gasteiger partial charge in [0.1, 0.15) is 5.82 Å². The number of anilines is 1. The monoisotopic (exact) mass is 434 g/mol. The fourth-order valence-electron chi connectivity index (χ4n) is 2.51. The molecule has 1 heterocycles. The molecule has 0 unspecified atom stereocenters. The molecule has 1 aliphatic rings. The Bertz CT molecular complexity index is 1050. The van der Waals surface area contributed by atoms with Gasteiger partial charge in [0.2, 0.25) is 10.0 Å². The third kappa shape index (κ3) is 4.41. The standard InChI is InChI=1S/C16H16ClFN2O5S2/c17-15-11-13(4-5-16(15)18)26(21,22)19-12-2-1-3-14(10-12)27(23,24)20-6-8-25-9-7-20/h1-5,10-11,19H,6-9H2. The Labute approximate surface area is 161 Å². The molecular formula is C16H16ClFN2O5S2. The summed E-state index contributed by atoms with van der Waals surface area (Å²) in [5.41, 5.74) is 0.0600. The van der Waals surface area contributed by atoms with E-state index >= 15 is 0 Å². The van der Waals surface area contributed by atoms with E-state index < -0.39 is 25.9 Å². The Kier molecular flexibility index (Phi) is 5.73. The first kappa shape index (κ1) is 20.0. The van der Waals surface area contributed by atoms with Crippen LogP contribution in [0.25, 0.3) is 0 Å². The molecule has 1 aliphatic heterocycles. The molecule has 27 heavy (non-hydrogen) atoms. The van der Waals surface area contributed by atoms with Gasteiger partial charge in [0.05, 0.1) is 33.7 Å². The van der Waals surface area contributed by atoms with Crippen LogP contribution < -0.4 is 4.72 Å². The number of rotatable bonds is 5. The van der Waals surface area contributed by atoms with Crippen molar-refractivity contribution in [3.8, 4) is 0 Å². The van der Waals surface area contributed by atoms with Crippen molar-refractivity contribution >= 4 is 37.3 Å². The van der Waals surface area contributed by atoms with Crippen LogP contribution in [-0.2, 0) is 24.8 Å². The fraction of sp³-hybridized carbons (Fsp3) is 0.250.